The van der Waals surface area contributed by atoms with E-state index in [9.17, 15) is 23.3 Å². The number of carbonyl (C=O) groups excluding carboxylic acids is 1. The van der Waals surface area contributed by atoms with Crippen LogP contribution in [0.2, 0.25) is 5.02 Å². The molecule has 0 heterocycles. The lowest BCUT2D eigenvalue weighted by molar-refractivity contribution is -0.384. The van der Waals surface area contributed by atoms with Gasteiger partial charge >= 0.3 is 0 Å². The minimum absolute atomic E-state index is 0.0166. The Morgan fingerprint density at radius 2 is 1.81 bits per heavy atom. The lowest BCUT2D eigenvalue weighted by atomic mass is 10.2. The largest absolute Gasteiger partial charge is 0.495 e. The monoisotopic (exact) mass is 432 g/mol. The van der Waals surface area contributed by atoms with Gasteiger partial charge in [-0.05, 0) is 48.9 Å². The van der Waals surface area contributed by atoms with Gasteiger partial charge in [-0.25, -0.2) is 8.42 Å². The topological polar surface area (TPSA) is 107 Å². The highest BCUT2D eigenvalue weighted by molar-refractivity contribution is 7.93. The van der Waals surface area contributed by atoms with E-state index in [1.807, 2.05) is 0 Å². The van der Waals surface area contributed by atoms with Crippen LogP contribution < -0.4 is 9.04 Å². The molecule has 0 radical (unpaired) electrons. The van der Waals surface area contributed by atoms with Crippen LogP contribution in [-0.2, 0) is 14.8 Å². The Morgan fingerprint density at radius 1 is 1.22 bits per heavy atom. The van der Waals surface area contributed by atoms with E-state index in [2.05, 4.69) is 0 Å². The number of ether oxygens (including phenoxy) is 1. The average Bonchev–Trinajstić information content (AvgIpc) is 2.61. The van der Waals surface area contributed by atoms with Gasteiger partial charge in [0.1, 0.15) is 17.5 Å². The molecule has 2 rings (SSSR count). The van der Waals surface area contributed by atoms with Gasteiger partial charge in [0.05, 0.1) is 16.9 Å². The molecule has 27 heavy (non-hydrogen) atoms. The Hall–Kier alpha value is -2.36. The number of halogens is 2. The molecule has 0 saturated carbocycles. The van der Waals surface area contributed by atoms with Crippen molar-refractivity contribution in [2.75, 3.05) is 11.4 Å². The number of hydrogen-bond acceptors (Lipinski definition) is 6. The fourth-order valence-electron chi connectivity index (χ4n) is 2.32. The van der Waals surface area contributed by atoms with E-state index in [0.717, 1.165) is 12.1 Å². The lowest BCUT2D eigenvalue weighted by Crippen LogP contribution is -2.42. The molecule has 0 bridgehead atoms. The minimum Gasteiger partial charge on any atom is -0.495 e. The van der Waals surface area contributed by atoms with Crippen LogP contribution >= 0.6 is 23.2 Å². The van der Waals surface area contributed by atoms with Crippen molar-refractivity contribution in [3.63, 3.8) is 0 Å². The summed E-state index contributed by atoms with van der Waals surface area (Å²) in [6.07, 6.45) is 0. The molecule has 0 N–H and O–H groups in total. The average molecular weight is 433 g/mol. The summed E-state index contributed by atoms with van der Waals surface area (Å²) in [6.45, 7) is 1.26. The van der Waals surface area contributed by atoms with Crippen LogP contribution in [-0.4, -0.2) is 31.7 Å². The first-order valence-electron chi connectivity index (χ1n) is 7.41. The molecule has 11 heteroatoms. The van der Waals surface area contributed by atoms with Crippen LogP contribution in [0.4, 0.5) is 11.4 Å². The van der Waals surface area contributed by atoms with Crippen LogP contribution in [0, 0.1) is 10.1 Å². The molecule has 1 atom stereocenters. The number of benzene rings is 2. The molecule has 0 saturated heterocycles. The number of non-ortho nitro benzene ring substituents is 1. The molecule has 0 fully saturated rings. The maximum atomic E-state index is 13.2. The van der Waals surface area contributed by atoms with Crippen molar-refractivity contribution in [1.82, 2.24) is 0 Å². The number of nitrogens with zero attached hydrogens (tertiary/aromatic N) is 2. The van der Waals surface area contributed by atoms with Crippen LogP contribution in [0.1, 0.15) is 6.92 Å². The summed E-state index contributed by atoms with van der Waals surface area (Å²) in [5.41, 5.74) is -0.570. The van der Waals surface area contributed by atoms with Crippen LogP contribution in [0.25, 0.3) is 0 Å². The van der Waals surface area contributed by atoms with Crippen LogP contribution in [0.3, 0.4) is 0 Å². The van der Waals surface area contributed by atoms with Crippen molar-refractivity contribution >= 4 is 49.8 Å². The zero-order valence-corrected chi connectivity index (χ0v) is 16.5. The summed E-state index contributed by atoms with van der Waals surface area (Å²) in [5.74, 6) is 0.0166. The first-order chi connectivity index (χ1) is 12.6. The van der Waals surface area contributed by atoms with E-state index in [-0.39, 0.29) is 22.0 Å². The zero-order valence-electron chi connectivity index (χ0n) is 14.1. The third-order valence-electron chi connectivity index (χ3n) is 3.66. The quantitative estimate of drug-likeness (QED) is 0.375. The van der Waals surface area contributed by atoms with Crippen molar-refractivity contribution in [3.8, 4) is 5.75 Å². The van der Waals surface area contributed by atoms with Crippen molar-refractivity contribution < 1.29 is 22.9 Å². The Kier molecular flexibility index (Phi) is 6.30. The van der Waals surface area contributed by atoms with Gasteiger partial charge in [0.25, 0.3) is 15.7 Å². The highest BCUT2D eigenvalue weighted by Gasteiger charge is 2.35. The van der Waals surface area contributed by atoms with E-state index < -0.39 is 26.2 Å². The molecular formula is C16H14Cl2N2O6S. The number of nitro groups is 1. The molecule has 0 aliphatic rings. The molecule has 144 valence electrons. The van der Waals surface area contributed by atoms with Gasteiger partial charge in [0.2, 0.25) is 5.24 Å². The number of sulfonamides is 1. The molecule has 0 spiro atoms. The predicted octanol–water partition coefficient (Wildman–Crippen LogP) is 3.61. The van der Waals surface area contributed by atoms with Gasteiger partial charge < -0.3 is 4.74 Å². The maximum Gasteiger partial charge on any atom is 0.271 e. The number of carbonyl (C=O) groups is 1. The second kappa shape index (κ2) is 8.12. The van der Waals surface area contributed by atoms with Crippen LogP contribution in [0.5, 0.6) is 5.75 Å². The predicted molar refractivity (Wildman–Crippen MR) is 101 cm³/mol. The lowest BCUT2D eigenvalue weighted by Gasteiger charge is -2.29. The molecular weight excluding hydrogens is 419 g/mol. The Labute approximate surface area is 165 Å². The van der Waals surface area contributed by atoms with E-state index in [1.54, 1.807) is 0 Å². The molecule has 0 amide bonds. The molecule has 1 unspecified atom stereocenters. The first kappa shape index (κ1) is 20.9. The molecule has 2 aromatic rings. The SMILES string of the molecule is COc1ccc([N+](=O)[O-])cc1N(C(C)C(=O)Cl)S(=O)(=O)c1ccc(Cl)cc1. The normalized spacial score (nSPS) is 12.3. The highest BCUT2D eigenvalue weighted by Crippen LogP contribution is 2.37. The van der Waals surface area contributed by atoms with Gasteiger partial charge in [-0.2, -0.15) is 0 Å². The zero-order chi connectivity index (χ0) is 20.4. The smallest absolute Gasteiger partial charge is 0.271 e. The molecule has 2 aromatic carbocycles. The molecule has 0 aromatic heterocycles. The van der Waals surface area contributed by atoms with Gasteiger partial charge in [-0.1, -0.05) is 11.6 Å². The summed E-state index contributed by atoms with van der Waals surface area (Å²) in [6, 6.07) is 7.27. The summed E-state index contributed by atoms with van der Waals surface area (Å²) >= 11 is 11.3. The summed E-state index contributed by atoms with van der Waals surface area (Å²) in [4.78, 5) is 22.0. The minimum atomic E-state index is -4.32. The maximum absolute atomic E-state index is 13.2. The van der Waals surface area contributed by atoms with Crippen LogP contribution in [0.15, 0.2) is 47.4 Å². The fourth-order valence-corrected chi connectivity index (χ4v) is 4.23. The van der Waals surface area contributed by atoms with E-state index in [4.69, 9.17) is 27.9 Å². The molecule has 0 aliphatic carbocycles. The number of hydrogen-bond donors (Lipinski definition) is 0. The second-order valence-corrected chi connectivity index (χ2v) is 7.97. The first-order valence-corrected chi connectivity index (χ1v) is 9.61. The Morgan fingerprint density at radius 3 is 2.30 bits per heavy atom. The third-order valence-corrected chi connectivity index (χ3v) is 6.13. The second-order valence-electron chi connectivity index (χ2n) is 5.35. The number of anilines is 1. The van der Waals surface area contributed by atoms with Gasteiger partial charge in [0.15, 0.2) is 0 Å². The fraction of sp³-hybridized carbons (Fsp3) is 0.188. The number of methoxy groups -OCH3 is 1. The molecule has 0 aliphatic heterocycles. The Bertz CT molecular complexity index is 979. The third kappa shape index (κ3) is 4.32. The summed E-state index contributed by atoms with van der Waals surface area (Å²) in [7, 11) is -3.05. The van der Waals surface area contributed by atoms with Crippen molar-refractivity contribution in [3.05, 3.63) is 57.6 Å². The summed E-state index contributed by atoms with van der Waals surface area (Å²) in [5, 5.41) is 10.5. The van der Waals surface area contributed by atoms with Crippen molar-refractivity contribution in [2.24, 2.45) is 0 Å². The van der Waals surface area contributed by atoms with Gasteiger partial charge in [-0.15, -0.1) is 0 Å². The number of nitro benzene ring substituents is 1. The molecule has 8 nitrogen and oxygen atoms in total. The van der Waals surface area contributed by atoms with Gasteiger partial charge in [0, 0.05) is 17.2 Å². The van der Waals surface area contributed by atoms with Crippen molar-refractivity contribution in [1.29, 1.82) is 0 Å². The standard InChI is InChI=1S/C16H14Cl2N2O6S/c1-10(16(18)21)19(27(24,25)13-6-3-11(17)4-7-13)14-9-12(20(22)23)5-8-15(14)26-2/h3-10H,1-2H3. The summed E-state index contributed by atoms with van der Waals surface area (Å²) < 4.78 is 32.2. The van der Waals surface area contributed by atoms with E-state index in [1.165, 1.54) is 44.4 Å². The Balaban J connectivity index is 2.76. The van der Waals surface area contributed by atoms with Gasteiger partial charge in [-0.3, -0.25) is 19.2 Å². The van der Waals surface area contributed by atoms with Crippen molar-refractivity contribution in [2.45, 2.75) is 17.9 Å². The number of rotatable bonds is 7. The van der Waals surface area contributed by atoms with E-state index in [0.29, 0.717) is 9.33 Å². The van der Waals surface area contributed by atoms with E-state index >= 15 is 0 Å². The highest BCUT2D eigenvalue weighted by atomic mass is 35.5.